The molecule has 0 saturated heterocycles. The fourth-order valence-corrected chi connectivity index (χ4v) is 2.52. The molecule has 0 heterocycles. The highest BCUT2D eigenvalue weighted by Gasteiger charge is 2.06. The van der Waals surface area contributed by atoms with Gasteiger partial charge in [0, 0.05) is 29.2 Å². The number of thioether (sulfide) groups is 1. The van der Waals surface area contributed by atoms with Crippen molar-refractivity contribution in [1.82, 2.24) is 0 Å². The number of hydrogen-bond donors (Lipinski definition) is 2. The molecule has 21 heavy (non-hydrogen) atoms. The molecule has 0 fully saturated rings. The molecule has 0 aliphatic rings. The van der Waals surface area contributed by atoms with Crippen molar-refractivity contribution in [3.8, 4) is 0 Å². The zero-order chi connectivity index (χ0) is 15.2. The van der Waals surface area contributed by atoms with Gasteiger partial charge in [0.2, 0.25) is 5.91 Å². The Labute approximate surface area is 130 Å². The minimum atomic E-state index is -0.0552. The van der Waals surface area contributed by atoms with Crippen LogP contribution in [0.5, 0.6) is 0 Å². The van der Waals surface area contributed by atoms with E-state index in [9.17, 15) is 4.79 Å². The summed E-state index contributed by atoms with van der Waals surface area (Å²) in [6, 6.07) is 16.4. The van der Waals surface area contributed by atoms with Crippen molar-refractivity contribution in [2.45, 2.75) is 24.8 Å². The zero-order valence-corrected chi connectivity index (χ0v) is 13.3. The van der Waals surface area contributed by atoms with E-state index in [2.05, 4.69) is 54.1 Å². The van der Waals surface area contributed by atoms with E-state index in [1.165, 1.54) is 11.8 Å². The molecule has 1 unspecified atom stereocenters. The van der Waals surface area contributed by atoms with Gasteiger partial charge in [-0.1, -0.05) is 12.1 Å². The van der Waals surface area contributed by atoms with Crippen LogP contribution in [0.1, 0.15) is 25.5 Å². The second-order valence-corrected chi connectivity index (χ2v) is 5.78. The van der Waals surface area contributed by atoms with Gasteiger partial charge < -0.3 is 10.6 Å². The molecule has 2 aromatic carbocycles. The first kappa shape index (κ1) is 15.4. The maximum Gasteiger partial charge on any atom is 0.221 e. The first-order chi connectivity index (χ1) is 10.1. The van der Waals surface area contributed by atoms with E-state index >= 15 is 0 Å². The van der Waals surface area contributed by atoms with E-state index < -0.39 is 0 Å². The SMILES string of the molecule is CSc1ccc(NC(C)c2cccc(NC(C)=O)c2)cc1. The summed E-state index contributed by atoms with van der Waals surface area (Å²) in [7, 11) is 0. The third kappa shape index (κ3) is 4.53. The van der Waals surface area contributed by atoms with Gasteiger partial charge in [-0.05, 0) is 55.1 Å². The lowest BCUT2D eigenvalue weighted by Crippen LogP contribution is -2.09. The van der Waals surface area contributed by atoms with Crippen LogP contribution in [-0.2, 0) is 4.79 Å². The Morgan fingerprint density at radius 2 is 1.81 bits per heavy atom. The Kier molecular flexibility index (Phi) is 5.28. The highest BCUT2D eigenvalue weighted by Crippen LogP contribution is 2.23. The number of hydrogen-bond acceptors (Lipinski definition) is 3. The molecule has 0 aromatic heterocycles. The van der Waals surface area contributed by atoms with Gasteiger partial charge in [-0.2, -0.15) is 0 Å². The number of amides is 1. The molecule has 0 bridgehead atoms. The van der Waals surface area contributed by atoms with E-state index in [1.54, 1.807) is 11.8 Å². The molecular formula is C17H20N2OS. The van der Waals surface area contributed by atoms with Crippen LogP contribution < -0.4 is 10.6 Å². The van der Waals surface area contributed by atoms with Gasteiger partial charge in [0.25, 0.3) is 0 Å². The van der Waals surface area contributed by atoms with Crippen molar-refractivity contribution in [2.75, 3.05) is 16.9 Å². The second kappa shape index (κ2) is 7.18. The van der Waals surface area contributed by atoms with Gasteiger partial charge in [0.15, 0.2) is 0 Å². The molecule has 0 radical (unpaired) electrons. The summed E-state index contributed by atoms with van der Waals surface area (Å²) >= 11 is 1.73. The van der Waals surface area contributed by atoms with Gasteiger partial charge in [0.05, 0.1) is 0 Å². The molecule has 2 aromatic rings. The summed E-state index contributed by atoms with van der Waals surface area (Å²) < 4.78 is 0. The van der Waals surface area contributed by atoms with E-state index in [1.807, 2.05) is 18.2 Å². The molecule has 1 amide bonds. The number of nitrogens with one attached hydrogen (secondary N) is 2. The fourth-order valence-electron chi connectivity index (χ4n) is 2.11. The van der Waals surface area contributed by atoms with Gasteiger partial charge in [-0.3, -0.25) is 4.79 Å². The minimum absolute atomic E-state index is 0.0552. The molecule has 0 saturated carbocycles. The Balaban J connectivity index is 2.08. The van der Waals surface area contributed by atoms with Crippen LogP contribution in [0.4, 0.5) is 11.4 Å². The number of benzene rings is 2. The van der Waals surface area contributed by atoms with E-state index in [-0.39, 0.29) is 11.9 Å². The summed E-state index contributed by atoms with van der Waals surface area (Å²) in [6.07, 6.45) is 2.07. The van der Waals surface area contributed by atoms with Crippen LogP contribution in [0.3, 0.4) is 0 Å². The first-order valence-electron chi connectivity index (χ1n) is 6.86. The van der Waals surface area contributed by atoms with Gasteiger partial charge in [-0.25, -0.2) is 0 Å². The predicted molar refractivity (Wildman–Crippen MR) is 91.0 cm³/mol. The topological polar surface area (TPSA) is 41.1 Å². The molecule has 3 nitrogen and oxygen atoms in total. The minimum Gasteiger partial charge on any atom is -0.379 e. The third-order valence-electron chi connectivity index (χ3n) is 3.18. The molecule has 0 spiro atoms. The summed E-state index contributed by atoms with van der Waals surface area (Å²) in [5, 5.41) is 6.28. The molecule has 0 aliphatic carbocycles. The monoisotopic (exact) mass is 300 g/mol. The Bertz CT molecular complexity index is 610. The van der Waals surface area contributed by atoms with Crippen LogP contribution in [0.2, 0.25) is 0 Å². The van der Waals surface area contributed by atoms with Crippen LogP contribution in [0.25, 0.3) is 0 Å². The molecule has 0 aliphatic heterocycles. The van der Waals surface area contributed by atoms with Crippen LogP contribution in [0.15, 0.2) is 53.4 Å². The van der Waals surface area contributed by atoms with Crippen molar-refractivity contribution in [3.05, 3.63) is 54.1 Å². The van der Waals surface area contributed by atoms with Crippen molar-refractivity contribution in [1.29, 1.82) is 0 Å². The predicted octanol–water partition coefficient (Wildman–Crippen LogP) is 4.54. The molecule has 110 valence electrons. The number of anilines is 2. The Hall–Kier alpha value is -1.94. The first-order valence-corrected chi connectivity index (χ1v) is 8.09. The number of rotatable bonds is 5. The summed E-state index contributed by atoms with van der Waals surface area (Å²) in [5.41, 5.74) is 3.05. The zero-order valence-electron chi connectivity index (χ0n) is 12.5. The quantitative estimate of drug-likeness (QED) is 0.797. The normalized spacial score (nSPS) is 11.8. The maximum absolute atomic E-state index is 11.1. The van der Waals surface area contributed by atoms with Crippen molar-refractivity contribution >= 4 is 29.0 Å². The molecule has 4 heteroatoms. The van der Waals surface area contributed by atoms with E-state index in [0.29, 0.717) is 0 Å². The van der Waals surface area contributed by atoms with Gasteiger partial charge in [-0.15, -0.1) is 11.8 Å². The standard InChI is InChI=1S/C17H20N2OS/c1-12(18-15-7-9-17(21-3)10-8-15)14-5-4-6-16(11-14)19-13(2)20/h4-12,18H,1-3H3,(H,19,20). The van der Waals surface area contributed by atoms with Gasteiger partial charge >= 0.3 is 0 Å². The number of carbonyl (C=O) groups is 1. The van der Waals surface area contributed by atoms with Crippen LogP contribution in [-0.4, -0.2) is 12.2 Å². The lowest BCUT2D eigenvalue weighted by atomic mass is 10.1. The highest BCUT2D eigenvalue weighted by atomic mass is 32.2. The average Bonchev–Trinajstić information content (AvgIpc) is 2.47. The second-order valence-electron chi connectivity index (χ2n) is 4.90. The lowest BCUT2D eigenvalue weighted by molar-refractivity contribution is -0.114. The van der Waals surface area contributed by atoms with Crippen molar-refractivity contribution in [3.63, 3.8) is 0 Å². The molecule has 1 atom stereocenters. The van der Waals surface area contributed by atoms with Crippen LogP contribution in [0, 0.1) is 0 Å². The summed E-state index contributed by atoms with van der Waals surface area (Å²) in [5.74, 6) is -0.0552. The van der Waals surface area contributed by atoms with Crippen molar-refractivity contribution < 1.29 is 4.79 Å². The van der Waals surface area contributed by atoms with Crippen molar-refractivity contribution in [2.24, 2.45) is 0 Å². The lowest BCUT2D eigenvalue weighted by Gasteiger charge is -2.17. The maximum atomic E-state index is 11.1. The number of carbonyl (C=O) groups excluding carboxylic acids is 1. The average molecular weight is 300 g/mol. The highest BCUT2D eigenvalue weighted by molar-refractivity contribution is 7.98. The third-order valence-corrected chi connectivity index (χ3v) is 3.92. The molecule has 2 rings (SSSR count). The largest absolute Gasteiger partial charge is 0.379 e. The molecule has 2 N–H and O–H groups in total. The summed E-state index contributed by atoms with van der Waals surface area (Å²) in [6.45, 7) is 3.62. The fraction of sp³-hybridized carbons (Fsp3) is 0.235. The van der Waals surface area contributed by atoms with Crippen LogP contribution >= 0.6 is 11.8 Å². The Morgan fingerprint density at radius 3 is 2.43 bits per heavy atom. The Morgan fingerprint density at radius 1 is 1.10 bits per heavy atom. The summed E-state index contributed by atoms with van der Waals surface area (Å²) in [4.78, 5) is 12.4. The van der Waals surface area contributed by atoms with Gasteiger partial charge in [0.1, 0.15) is 0 Å². The van der Waals surface area contributed by atoms with E-state index in [0.717, 1.165) is 16.9 Å². The van der Waals surface area contributed by atoms with E-state index in [4.69, 9.17) is 0 Å². The smallest absolute Gasteiger partial charge is 0.221 e. The molecular weight excluding hydrogens is 280 g/mol.